The molecule has 2 unspecified atom stereocenters. The van der Waals surface area contributed by atoms with Crippen molar-refractivity contribution in [3.63, 3.8) is 0 Å². The number of hydrogen-bond acceptors (Lipinski definition) is 3. The smallest absolute Gasteiger partial charge is 0.137 e. The average molecular weight is 263 g/mol. The van der Waals surface area contributed by atoms with Crippen molar-refractivity contribution < 1.29 is 4.79 Å². The summed E-state index contributed by atoms with van der Waals surface area (Å²) in [5.74, 6) is 1.53. The van der Waals surface area contributed by atoms with Gasteiger partial charge in [-0.3, -0.25) is 9.69 Å². The molecule has 2 heterocycles. The second-order valence-electron chi connectivity index (χ2n) is 5.90. The molecule has 2 nitrogen and oxygen atoms in total. The third kappa shape index (κ3) is 2.52. The van der Waals surface area contributed by atoms with E-state index in [-0.39, 0.29) is 0 Å². The van der Waals surface area contributed by atoms with Crippen LogP contribution in [0.3, 0.4) is 0 Å². The summed E-state index contributed by atoms with van der Waals surface area (Å²) in [6, 6.07) is 2.25. The van der Waals surface area contributed by atoms with Crippen LogP contribution in [0.5, 0.6) is 0 Å². The van der Waals surface area contributed by atoms with Crippen molar-refractivity contribution in [3.05, 3.63) is 21.9 Å². The summed E-state index contributed by atoms with van der Waals surface area (Å²) < 4.78 is 0. The van der Waals surface area contributed by atoms with E-state index in [1.807, 2.05) is 11.3 Å². The Balaban J connectivity index is 1.62. The van der Waals surface area contributed by atoms with Gasteiger partial charge in [-0.1, -0.05) is 6.92 Å². The van der Waals surface area contributed by atoms with Crippen molar-refractivity contribution in [1.82, 2.24) is 4.90 Å². The van der Waals surface area contributed by atoms with E-state index in [0.717, 1.165) is 44.8 Å². The molecule has 0 N–H and O–H groups in total. The maximum atomic E-state index is 12.0. The fourth-order valence-electron chi connectivity index (χ4n) is 3.28. The van der Waals surface area contributed by atoms with E-state index < -0.39 is 0 Å². The minimum absolute atomic E-state index is 0.300. The van der Waals surface area contributed by atoms with Gasteiger partial charge in [0, 0.05) is 36.9 Å². The Morgan fingerprint density at radius 1 is 1.44 bits per heavy atom. The van der Waals surface area contributed by atoms with Crippen LogP contribution >= 0.6 is 11.3 Å². The summed E-state index contributed by atoms with van der Waals surface area (Å²) in [5, 5.41) is 2.20. The molecule has 2 aliphatic rings. The van der Waals surface area contributed by atoms with Crippen LogP contribution in [0.4, 0.5) is 0 Å². The molecular formula is C15H21NOS. The van der Waals surface area contributed by atoms with Crippen molar-refractivity contribution >= 4 is 17.1 Å². The number of thiophene rings is 1. The Labute approximate surface area is 113 Å². The van der Waals surface area contributed by atoms with E-state index in [9.17, 15) is 4.79 Å². The lowest BCUT2D eigenvalue weighted by Gasteiger charge is -2.33. The first-order valence-corrected chi connectivity index (χ1v) is 7.90. The van der Waals surface area contributed by atoms with E-state index in [1.165, 1.54) is 12.0 Å². The predicted octanol–water partition coefficient (Wildman–Crippen LogP) is 3.11. The maximum Gasteiger partial charge on any atom is 0.137 e. The third-order valence-corrected chi connectivity index (χ3v) is 5.41. The molecule has 1 aliphatic carbocycles. The van der Waals surface area contributed by atoms with Gasteiger partial charge in [0.2, 0.25) is 0 Å². The van der Waals surface area contributed by atoms with Gasteiger partial charge in [-0.2, -0.15) is 0 Å². The number of nitrogens with zero attached hydrogens (tertiary/aromatic N) is 1. The van der Waals surface area contributed by atoms with Crippen LogP contribution in [0, 0.1) is 11.8 Å². The van der Waals surface area contributed by atoms with Gasteiger partial charge < -0.3 is 0 Å². The molecule has 1 saturated carbocycles. The molecule has 1 aromatic heterocycles. The van der Waals surface area contributed by atoms with Gasteiger partial charge in [0.15, 0.2) is 0 Å². The SMILES string of the molecule is CC1CCC(=O)C(CN2CCc3sccc3C2)C1. The van der Waals surface area contributed by atoms with E-state index in [0.29, 0.717) is 11.7 Å². The molecule has 18 heavy (non-hydrogen) atoms. The van der Waals surface area contributed by atoms with Gasteiger partial charge in [0.1, 0.15) is 5.78 Å². The summed E-state index contributed by atoms with van der Waals surface area (Å²) in [7, 11) is 0. The molecule has 0 radical (unpaired) electrons. The minimum atomic E-state index is 0.300. The average Bonchev–Trinajstić information content (AvgIpc) is 2.81. The second-order valence-corrected chi connectivity index (χ2v) is 6.90. The topological polar surface area (TPSA) is 20.3 Å². The number of carbonyl (C=O) groups is 1. The van der Waals surface area contributed by atoms with Crippen LogP contribution in [-0.2, 0) is 17.8 Å². The number of ketones is 1. The molecule has 0 spiro atoms. The monoisotopic (exact) mass is 263 g/mol. The highest BCUT2D eigenvalue weighted by Crippen LogP contribution is 2.29. The molecule has 98 valence electrons. The highest BCUT2D eigenvalue weighted by Gasteiger charge is 2.29. The van der Waals surface area contributed by atoms with Gasteiger partial charge in [-0.25, -0.2) is 0 Å². The zero-order chi connectivity index (χ0) is 12.5. The van der Waals surface area contributed by atoms with E-state index in [4.69, 9.17) is 0 Å². The number of Topliss-reactive ketones (excluding diaryl/α,β-unsaturated/α-hetero) is 1. The van der Waals surface area contributed by atoms with Crippen molar-refractivity contribution in [2.75, 3.05) is 13.1 Å². The zero-order valence-corrected chi connectivity index (χ0v) is 11.8. The van der Waals surface area contributed by atoms with Crippen LogP contribution in [0.15, 0.2) is 11.4 Å². The molecule has 0 saturated heterocycles. The molecule has 1 aliphatic heterocycles. The number of fused-ring (bicyclic) bond motifs is 1. The van der Waals surface area contributed by atoms with E-state index in [1.54, 1.807) is 4.88 Å². The first kappa shape index (κ1) is 12.4. The van der Waals surface area contributed by atoms with Crippen LogP contribution in [0.1, 0.15) is 36.6 Å². The minimum Gasteiger partial charge on any atom is -0.299 e. The summed E-state index contributed by atoms with van der Waals surface area (Å²) in [5.41, 5.74) is 1.49. The predicted molar refractivity (Wildman–Crippen MR) is 74.8 cm³/mol. The number of hydrogen-bond donors (Lipinski definition) is 0. The quantitative estimate of drug-likeness (QED) is 0.817. The number of rotatable bonds is 2. The Bertz CT molecular complexity index is 439. The van der Waals surface area contributed by atoms with Crippen LogP contribution in [-0.4, -0.2) is 23.8 Å². The lowest BCUT2D eigenvalue weighted by molar-refractivity contribution is -0.126. The third-order valence-electron chi connectivity index (χ3n) is 4.39. The molecule has 1 fully saturated rings. The van der Waals surface area contributed by atoms with Crippen molar-refractivity contribution in [2.45, 2.75) is 39.2 Å². The first-order chi connectivity index (χ1) is 8.72. The molecule has 2 atom stereocenters. The zero-order valence-electron chi connectivity index (χ0n) is 11.0. The largest absolute Gasteiger partial charge is 0.299 e. The maximum absolute atomic E-state index is 12.0. The standard InChI is InChI=1S/C15H21NOS/c1-11-2-3-14(17)13(8-11)10-16-6-4-15-12(9-16)5-7-18-15/h5,7,11,13H,2-4,6,8-10H2,1H3. The van der Waals surface area contributed by atoms with Crippen LogP contribution < -0.4 is 0 Å². The Morgan fingerprint density at radius 2 is 2.33 bits per heavy atom. The van der Waals surface area contributed by atoms with Crippen LogP contribution in [0.2, 0.25) is 0 Å². The molecule has 3 rings (SSSR count). The Morgan fingerprint density at radius 3 is 3.22 bits per heavy atom. The highest BCUT2D eigenvalue weighted by atomic mass is 32.1. The fraction of sp³-hybridized carbons (Fsp3) is 0.667. The lowest BCUT2D eigenvalue weighted by atomic mass is 9.81. The second kappa shape index (κ2) is 5.14. The van der Waals surface area contributed by atoms with E-state index >= 15 is 0 Å². The molecular weight excluding hydrogens is 242 g/mol. The van der Waals surface area contributed by atoms with Crippen molar-refractivity contribution in [1.29, 1.82) is 0 Å². The van der Waals surface area contributed by atoms with Gasteiger partial charge >= 0.3 is 0 Å². The van der Waals surface area contributed by atoms with Gasteiger partial charge in [0.05, 0.1) is 0 Å². The molecule has 0 bridgehead atoms. The van der Waals surface area contributed by atoms with Crippen molar-refractivity contribution in [3.8, 4) is 0 Å². The molecule has 0 aromatic carbocycles. The van der Waals surface area contributed by atoms with E-state index in [2.05, 4.69) is 23.3 Å². The molecule has 3 heteroatoms. The van der Waals surface area contributed by atoms with Crippen molar-refractivity contribution in [2.24, 2.45) is 11.8 Å². The molecule has 0 amide bonds. The summed E-state index contributed by atoms with van der Waals surface area (Å²) in [4.78, 5) is 16.0. The summed E-state index contributed by atoms with van der Waals surface area (Å²) >= 11 is 1.88. The van der Waals surface area contributed by atoms with Gasteiger partial charge in [-0.15, -0.1) is 11.3 Å². The highest BCUT2D eigenvalue weighted by molar-refractivity contribution is 7.10. The number of carbonyl (C=O) groups excluding carboxylic acids is 1. The summed E-state index contributed by atoms with van der Waals surface area (Å²) in [6.07, 6.45) is 4.18. The lowest BCUT2D eigenvalue weighted by Crippen LogP contribution is -2.38. The molecule has 1 aromatic rings. The fourth-order valence-corrected chi connectivity index (χ4v) is 4.17. The first-order valence-electron chi connectivity index (χ1n) is 7.02. The van der Waals surface area contributed by atoms with Gasteiger partial charge in [-0.05, 0) is 42.2 Å². The normalized spacial score (nSPS) is 29.3. The summed E-state index contributed by atoms with van der Waals surface area (Å²) in [6.45, 7) is 5.45. The Hall–Kier alpha value is -0.670. The van der Waals surface area contributed by atoms with Crippen LogP contribution in [0.25, 0.3) is 0 Å². The van der Waals surface area contributed by atoms with Gasteiger partial charge in [0.25, 0.3) is 0 Å². The Kier molecular flexibility index (Phi) is 3.53.